The fourth-order valence-corrected chi connectivity index (χ4v) is 2.44. The molecular weight excluding hydrogens is 218 g/mol. The van der Waals surface area contributed by atoms with Crippen LogP contribution in [0.3, 0.4) is 0 Å². The van der Waals surface area contributed by atoms with Crippen molar-refractivity contribution in [1.82, 2.24) is 14.7 Å². The van der Waals surface area contributed by atoms with E-state index in [4.69, 9.17) is 5.11 Å². The summed E-state index contributed by atoms with van der Waals surface area (Å²) in [4.78, 5) is 6.14. The Morgan fingerprint density at radius 1 is 1.60 bits per heavy atom. The summed E-state index contributed by atoms with van der Waals surface area (Å²) < 4.78 is 25.7. The Hall–Kier alpha value is -0.920. The number of H-pyrrole nitrogens is 1. The summed E-state index contributed by atoms with van der Waals surface area (Å²) in [5, 5.41) is 9.12. The predicted molar refractivity (Wildman–Crippen MR) is 54.7 cm³/mol. The number of rotatable bonds is 5. The maximum Gasteiger partial charge on any atom is 0.257 e. The number of aliphatic hydroxyl groups is 1. The standard InChI is InChI=1S/C8H15N3O3S/c1-6(3-7(2)12)11-15(13,14)8-4-9-5-10-8/h4-7,11-12H,3H2,1-2H3,(H,9,10). The molecule has 0 aliphatic rings. The number of aromatic nitrogens is 2. The SMILES string of the molecule is CC(O)CC(C)NS(=O)(=O)c1cnc[nH]1. The minimum absolute atomic E-state index is 0.0277. The molecule has 15 heavy (non-hydrogen) atoms. The number of nitrogens with one attached hydrogen (secondary N) is 2. The van der Waals surface area contributed by atoms with Gasteiger partial charge in [0.25, 0.3) is 10.0 Å². The lowest BCUT2D eigenvalue weighted by Crippen LogP contribution is -2.34. The molecule has 7 heteroatoms. The third kappa shape index (κ3) is 3.61. The minimum atomic E-state index is -3.54. The van der Waals surface area contributed by atoms with Gasteiger partial charge < -0.3 is 10.1 Å². The van der Waals surface area contributed by atoms with Gasteiger partial charge in [-0.15, -0.1) is 0 Å². The van der Waals surface area contributed by atoms with E-state index in [-0.39, 0.29) is 11.1 Å². The smallest absolute Gasteiger partial charge is 0.257 e. The van der Waals surface area contributed by atoms with Crippen LogP contribution in [-0.2, 0) is 10.0 Å². The monoisotopic (exact) mass is 233 g/mol. The van der Waals surface area contributed by atoms with Crippen LogP contribution in [-0.4, -0.2) is 35.6 Å². The average Bonchev–Trinajstić information content (AvgIpc) is 2.51. The Kier molecular flexibility index (Phi) is 3.83. The van der Waals surface area contributed by atoms with Gasteiger partial charge in [0.05, 0.1) is 18.6 Å². The van der Waals surface area contributed by atoms with Crippen LogP contribution in [0.1, 0.15) is 20.3 Å². The summed E-state index contributed by atoms with van der Waals surface area (Å²) in [5.74, 6) is 0. The number of hydrogen-bond acceptors (Lipinski definition) is 4. The summed E-state index contributed by atoms with van der Waals surface area (Å²) in [6, 6.07) is -0.321. The molecule has 1 heterocycles. The lowest BCUT2D eigenvalue weighted by atomic mass is 10.2. The van der Waals surface area contributed by atoms with Crippen molar-refractivity contribution in [2.75, 3.05) is 0 Å². The van der Waals surface area contributed by atoms with Gasteiger partial charge in [0.15, 0.2) is 5.03 Å². The molecule has 6 nitrogen and oxygen atoms in total. The molecule has 0 fully saturated rings. The van der Waals surface area contributed by atoms with Gasteiger partial charge in [-0.25, -0.2) is 18.1 Å². The van der Waals surface area contributed by atoms with Gasteiger partial charge in [0.1, 0.15) is 0 Å². The molecule has 0 saturated heterocycles. The van der Waals surface area contributed by atoms with E-state index in [2.05, 4.69) is 14.7 Å². The molecule has 1 aromatic rings. The van der Waals surface area contributed by atoms with Crippen LogP contribution in [0.5, 0.6) is 0 Å². The van der Waals surface area contributed by atoms with Crippen molar-refractivity contribution >= 4 is 10.0 Å². The van der Waals surface area contributed by atoms with Crippen molar-refractivity contribution in [2.45, 2.75) is 37.4 Å². The van der Waals surface area contributed by atoms with E-state index in [0.717, 1.165) is 0 Å². The van der Waals surface area contributed by atoms with Gasteiger partial charge in [0.2, 0.25) is 0 Å². The molecule has 0 bridgehead atoms. The van der Waals surface area contributed by atoms with Gasteiger partial charge in [-0.05, 0) is 20.3 Å². The summed E-state index contributed by atoms with van der Waals surface area (Å²) in [7, 11) is -3.54. The van der Waals surface area contributed by atoms with Crippen molar-refractivity contribution in [3.63, 3.8) is 0 Å². The highest BCUT2D eigenvalue weighted by Gasteiger charge is 2.19. The van der Waals surface area contributed by atoms with E-state index in [1.807, 2.05) is 0 Å². The molecular formula is C8H15N3O3S. The predicted octanol–water partition coefficient (Wildman–Crippen LogP) is -0.153. The quantitative estimate of drug-likeness (QED) is 0.659. The molecule has 2 unspecified atom stereocenters. The first kappa shape index (κ1) is 12.2. The number of hydrogen-bond donors (Lipinski definition) is 3. The third-order valence-corrected chi connectivity index (χ3v) is 3.33. The fraction of sp³-hybridized carbons (Fsp3) is 0.625. The number of aliphatic hydroxyl groups excluding tert-OH is 1. The molecule has 0 amide bonds. The lowest BCUT2D eigenvalue weighted by Gasteiger charge is -2.14. The summed E-state index contributed by atoms with van der Waals surface area (Å²) >= 11 is 0. The Bertz CT molecular complexity index is 385. The molecule has 0 saturated carbocycles. The Morgan fingerprint density at radius 3 is 2.73 bits per heavy atom. The first-order valence-electron chi connectivity index (χ1n) is 4.60. The second-order valence-corrected chi connectivity index (χ2v) is 5.21. The molecule has 3 N–H and O–H groups in total. The minimum Gasteiger partial charge on any atom is -0.393 e. The highest BCUT2D eigenvalue weighted by atomic mass is 32.2. The van der Waals surface area contributed by atoms with Crippen LogP contribution in [0, 0.1) is 0 Å². The van der Waals surface area contributed by atoms with E-state index in [1.165, 1.54) is 12.5 Å². The second-order valence-electron chi connectivity index (χ2n) is 3.52. The average molecular weight is 233 g/mol. The van der Waals surface area contributed by atoms with Crippen LogP contribution < -0.4 is 4.72 Å². The van der Waals surface area contributed by atoms with E-state index >= 15 is 0 Å². The first-order chi connectivity index (χ1) is 6.92. The molecule has 2 atom stereocenters. The fourth-order valence-electron chi connectivity index (χ4n) is 1.28. The molecule has 86 valence electrons. The van der Waals surface area contributed by atoms with Gasteiger partial charge in [-0.1, -0.05) is 0 Å². The second kappa shape index (κ2) is 4.73. The van der Waals surface area contributed by atoms with Gasteiger partial charge in [-0.2, -0.15) is 0 Å². The van der Waals surface area contributed by atoms with Crippen LogP contribution in [0.15, 0.2) is 17.6 Å². The van der Waals surface area contributed by atoms with Crippen molar-refractivity contribution in [2.24, 2.45) is 0 Å². The zero-order chi connectivity index (χ0) is 11.5. The van der Waals surface area contributed by atoms with Gasteiger partial charge in [0, 0.05) is 6.04 Å². The highest BCUT2D eigenvalue weighted by molar-refractivity contribution is 7.89. The zero-order valence-electron chi connectivity index (χ0n) is 8.64. The van der Waals surface area contributed by atoms with Gasteiger partial charge in [-0.3, -0.25) is 0 Å². The molecule has 0 aromatic carbocycles. The van der Waals surface area contributed by atoms with Gasteiger partial charge >= 0.3 is 0 Å². The van der Waals surface area contributed by atoms with E-state index in [0.29, 0.717) is 6.42 Å². The van der Waals surface area contributed by atoms with Crippen molar-refractivity contribution in [1.29, 1.82) is 0 Å². The molecule has 1 aromatic heterocycles. The zero-order valence-corrected chi connectivity index (χ0v) is 9.45. The molecule has 0 spiro atoms. The number of nitrogens with zero attached hydrogens (tertiary/aromatic N) is 1. The lowest BCUT2D eigenvalue weighted by molar-refractivity contribution is 0.175. The maximum absolute atomic E-state index is 11.6. The maximum atomic E-state index is 11.6. The number of aromatic amines is 1. The normalized spacial score (nSPS) is 16.2. The van der Waals surface area contributed by atoms with E-state index in [9.17, 15) is 8.42 Å². The van der Waals surface area contributed by atoms with Crippen LogP contribution >= 0.6 is 0 Å². The summed E-state index contributed by atoms with van der Waals surface area (Å²) in [6.07, 6.45) is 2.36. The third-order valence-electron chi connectivity index (χ3n) is 1.81. The van der Waals surface area contributed by atoms with Crippen molar-refractivity contribution in [3.05, 3.63) is 12.5 Å². The molecule has 0 aliphatic carbocycles. The molecule has 1 rings (SSSR count). The Morgan fingerprint density at radius 2 is 2.27 bits per heavy atom. The van der Waals surface area contributed by atoms with Crippen LogP contribution in [0.25, 0.3) is 0 Å². The van der Waals surface area contributed by atoms with E-state index < -0.39 is 16.1 Å². The van der Waals surface area contributed by atoms with Crippen LogP contribution in [0.4, 0.5) is 0 Å². The Labute approximate surface area is 88.8 Å². The topological polar surface area (TPSA) is 95.1 Å². The molecule has 0 radical (unpaired) electrons. The van der Waals surface area contributed by atoms with Crippen molar-refractivity contribution in [3.8, 4) is 0 Å². The summed E-state index contributed by atoms with van der Waals surface area (Å²) in [5.41, 5.74) is 0. The van der Waals surface area contributed by atoms with Crippen molar-refractivity contribution < 1.29 is 13.5 Å². The largest absolute Gasteiger partial charge is 0.393 e. The van der Waals surface area contributed by atoms with E-state index in [1.54, 1.807) is 13.8 Å². The number of sulfonamides is 1. The highest BCUT2D eigenvalue weighted by Crippen LogP contribution is 2.05. The van der Waals surface area contributed by atoms with Crippen LogP contribution in [0.2, 0.25) is 0 Å². The Balaban J connectivity index is 2.66. The molecule has 0 aliphatic heterocycles. The first-order valence-corrected chi connectivity index (χ1v) is 6.09. The summed E-state index contributed by atoms with van der Waals surface area (Å²) in [6.45, 7) is 3.31. The number of imidazole rings is 1.